The van der Waals surface area contributed by atoms with Crippen LogP contribution in [0, 0.1) is 0 Å². The number of nitrogens with one attached hydrogen (secondary N) is 5. The summed E-state index contributed by atoms with van der Waals surface area (Å²) in [5, 5.41) is 23.5. The van der Waals surface area contributed by atoms with Crippen LogP contribution in [0.2, 0.25) is 5.02 Å². The number of aromatic nitrogens is 3. The topological polar surface area (TPSA) is 197 Å². The number of rotatable bonds is 15. The number of hydrogen-bond acceptors (Lipinski definition) is 10. The second kappa shape index (κ2) is 17.4. The third kappa shape index (κ3) is 11.2. The van der Waals surface area contributed by atoms with Gasteiger partial charge in [-0.2, -0.15) is 28.1 Å². The molecule has 0 bridgehead atoms. The van der Waals surface area contributed by atoms with E-state index in [1.807, 2.05) is 42.5 Å². The second-order valence-corrected chi connectivity index (χ2v) is 13.3. The highest BCUT2D eigenvalue weighted by molar-refractivity contribution is 6.39. The number of amides is 3. The van der Waals surface area contributed by atoms with Gasteiger partial charge in [0.25, 0.3) is 5.91 Å². The van der Waals surface area contributed by atoms with E-state index in [1.165, 1.54) is 24.3 Å². The molecule has 18 heteroatoms. The molecule has 1 aliphatic rings. The number of carbonyl (C=O) groups excluding carboxylic acids is 3. The van der Waals surface area contributed by atoms with Crippen LogP contribution in [-0.4, -0.2) is 69.1 Å². The van der Waals surface area contributed by atoms with Crippen LogP contribution < -0.4 is 31.3 Å². The Morgan fingerprint density at radius 2 is 1.42 bits per heavy atom. The van der Waals surface area contributed by atoms with Crippen LogP contribution in [0.15, 0.2) is 103 Å². The molecule has 6 N–H and O–H groups in total. The standard InChI is InChI=1S/C39H34ClF3N8O6/c40-27-12-10-26(11-13-27)38(19-20-38)51-36-48-35(49-37(50-36)57-22-39(41,42)43)46-29-16-8-25(9-17-29)31(52)47-30(34(55)56)18-21-44-32(53)33(54)45-28-14-6-24(7-15-28)23-4-2-1-3-5-23/h1-17,30H,18-22H2,(H,44,53)(H,45,54)(H,47,52)(H,55,56)(H2,46,48,49,50,51)/t30-/m1/s1. The number of anilines is 4. The van der Waals surface area contributed by atoms with Gasteiger partial charge in [-0.05, 0) is 84.5 Å². The van der Waals surface area contributed by atoms with Crippen molar-refractivity contribution in [3.05, 3.63) is 119 Å². The quantitative estimate of drug-likeness (QED) is 0.0650. The van der Waals surface area contributed by atoms with Crippen molar-refractivity contribution in [1.29, 1.82) is 0 Å². The summed E-state index contributed by atoms with van der Waals surface area (Å²) >= 11 is 6.02. The molecule has 6 rings (SSSR count). The number of aliphatic carboxylic acids is 1. The maximum Gasteiger partial charge on any atom is 0.422 e. The molecule has 57 heavy (non-hydrogen) atoms. The molecular weight excluding hydrogens is 769 g/mol. The Morgan fingerprint density at radius 1 is 0.789 bits per heavy atom. The van der Waals surface area contributed by atoms with Crippen LogP contribution >= 0.6 is 11.6 Å². The molecule has 1 fully saturated rings. The van der Waals surface area contributed by atoms with Gasteiger partial charge in [0.05, 0.1) is 5.54 Å². The van der Waals surface area contributed by atoms with E-state index in [0.717, 1.165) is 16.7 Å². The number of alkyl halides is 3. The zero-order valence-corrected chi connectivity index (χ0v) is 30.5. The number of hydrogen-bond donors (Lipinski definition) is 6. The lowest BCUT2D eigenvalue weighted by atomic mass is 10.1. The molecule has 1 aromatic heterocycles. The Hall–Kier alpha value is -6.75. The van der Waals surface area contributed by atoms with Crippen molar-refractivity contribution < 1.29 is 42.2 Å². The molecule has 0 aliphatic heterocycles. The van der Waals surface area contributed by atoms with Crippen molar-refractivity contribution >= 4 is 58.6 Å². The van der Waals surface area contributed by atoms with Crippen molar-refractivity contribution in [2.45, 2.75) is 37.0 Å². The SMILES string of the molecule is O=C(NCC[C@@H](NC(=O)c1ccc(Nc2nc(NC3(c4ccc(Cl)cc4)CC3)nc(OCC(F)(F)F)n2)cc1)C(=O)O)C(=O)Nc1ccc(-c2ccccc2)cc1. The average Bonchev–Trinajstić information content (AvgIpc) is 3.97. The summed E-state index contributed by atoms with van der Waals surface area (Å²) in [4.78, 5) is 62.0. The molecule has 1 aliphatic carbocycles. The van der Waals surface area contributed by atoms with Crippen LogP contribution in [0.5, 0.6) is 6.01 Å². The largest absolute Gasteiger partial charge is 0.480 e. The Bertz CT molecular complexity index is 2230. The van der Waals surface area contributed by atoms with Crippen LogP contribution in [0.25, 0.3) is 11.1 Å². The smallest absolute Gasteiger partial charge is 0.422 e. The maximum absolute atomic E-state index is 13.0. The summed E-state index contributed by atoms with van der Waals surface area (Å²) in [6.07, 6.45) is -3.48. The fourth-order valence-corrected chi connectivity index (χ4v) is 5.71. The molecule has 1 heterocycles. The summed E-state index contributed by atoms with van der Waals surface area (Å²) in [7, 11) is 0. The van der Waals surface area contributed by atoms with Gasteiger partial charge in [0.15, 0.2) is 6.61 Å². The first-order valence-corrected chi connectivity index (χ1v) is 17.8. The van der Waals surface area contributed by atoms with E-state index >= 15 is 0 Å². The first-order valence-electron chi connectivity index (χ1n) is 17.4. The molecule has 0 saturated heterocycles. The first-order chi connectivity index (χ1) is 27.2. The number of ether oxygens (including phenoxy) is 1. The molecule has 0 radical (unpaired) electrons. The summed E-state index contributed by atoms with van der Waals surface area (Å²) in [5.41, 5.74) is 3.00. The number of carboxylic acids is 1. The summed E-state index contributed by atoms with van der Waals surface area (Å²) < 4.78 is 43.7. The zero-order valence-electron chi connectivity index (χ0n) is 29.8. The lowest BCUT2D eigenvalue weighted by Gasteiger charge is -2.19. The van der Waals surface area contributed by atoms with Gasteiger partial charge in [0, 0.05) is 28.5 Å². The normalized spacial score (nSPS) is 13.4. The maximum atomic E-state index is 13.0. The minimum atomic E-state index is -4.65. The molecule has 1 saturated carbocycles. The fourth-order valence-electron chi connectivity index (χ4n) is 5.58. The van der Waals surface area contributed by atoms with Crippen LogP contribution in [-0.2, 0) is 19.9 Å². The third-order valence-electron chi connectivity index (χ3n) is 8.66. The van der Waals surface area contributed by atoms with E-state index in [2.05, 4.69) is 41.5 Å². The first kappa shape index (κ1) is 39.9. The molecule has 4 aromatic carbocycles. The van der Waals surface area contributed by atoms with E-state index in [-0.39, 0.29) is 30.4 Å². The van der Waals surface area contributed by atoms with Crippen LogP contribution in [0.3, 0.4) is 0 Å². The highest BCUT2D eigenvalue weighted by Crippen LogP contribution is 2.48. The highest BCUT2D eigenvalue weighted by atomic mass is 35.5. The Balaban J connectivity index is 1.03. The van der Waals surface area contributed by atoms with E-state index < -0.39 is 54.1 Å². The lowest BCUT2D eigenvalue weighted by Crippen LogP contribution is -2.44. The Morgan fingerprint density at radius 3 is 2.05 bits per heavy atom. The predicted molar refractivity (Wildman–Crippen MR) is 204 cm³/mol. The van der Waals surface area contributed by atoms with Gasteiger partial charge in [0.1, 0.15) is 6.04 Å². The van der Waals surface area contributed by atoms with E-state index in [0.29, 0.717) is 29.2 Å². The fraction of sp³-hybridized carbons (Fsp3) is 0.205. The number of halogens is 4. The molecule has 294 valence electrons. The van der Waals surface area contributed by atoms with Crippen LogP contribution in [0.1, 0.15) is 35.2 Å². The summed E-state index contributed by atoms with van der Waals surface area (Å²) in [6.45, 7) is -1.87. The third-order valence-corrected chi connectivity index (χ3v) is 8.91. The minimum absolute atomic E-state index is 0.0431. The van der Waals surface area contributed by atoms with Crippen molar-refractivity contribution in [3.63, 3.8) is 0 Å². The van der Waals surface area contributed by atoms with E-state index in [9.17, 15) is 37.5 Å². The number of nitrogens with zero attached hydrogens (tertiary/aromatic N) is 3. The Kier molecular flexibility index (Phi) is 12.2. The summed E-state index contributed by atoms with van der Waals surface area (Å²) in [5.74, 6) is -4.26. The lowest BCUT2D eigenvalue weighted by molar-refractivity contribution is -0.154. The van der Waals surface area contributed by atoms with Gasteiger partial charge in [-0.25, -0.2) is 4.79 Å². The molecule has 0 unspecified atom stereocenters. The predicted octanol–water partition coefficient (Wildman–Crippen LogP) is 6.31. The molecule has 5 aromatic rings. The van der Waals surface area contributed by atoms with Gasteiger partial charge in [-0.3, -0.25) is 14.4 Å². The van der Waals surface area contributed by atoms with Crippen molar-refractivity contribution in [2.24, 2.45) is 0 Å². The summed E-state index contributed by atoms with van der Waals surface area (Å²) in [6, 6.07) is 27.2. The van der Waals surface area contributed by atoms with Gasteiger partial charge in [0.2, 0.25) is 11.9 Å². The molecular formula is C39H34ClF3N8O6. The molecule has 14 nitrogen and oxygen atoms in total. The van der Waals surface area contributed by atoms with E-state index in [4.69, 9.17) is 16.3 Å². The number of carbonyl (C=O) groups is 4. The van der Waals surface area contributed by atoms with Gasteiger partial charge in [-0.15, -0.1) is 0 Å². The van der Waals surface area contributed by atoms with Gasteiger partial charge < -0.3 is 36.4 Å². The van der Waals surface area contributed by atoms with Gasteiger partial charge in [-0.1, -0.05) is 66.2 Å². The zero-order chi connectivity index (χ0) is 40.6. The van der Waals surface area contributed by atoms with Crippen LogP contribution in [0.4, 0.5) is 36.4 Å². The second-order valence-electron chi connectivity index (χ2n) is 12.9. The average molecular weight is 803 g/mol. The van der Waals surface area contributed by atoms with E-state index in [1.54, 1.807) is 36.4 Å². The molecule has 3 amide bonds. The molecule has 1 atom stereocenters. The monoisotopic (exact) mass is 802 g/mol. The molecule has 0 spiro atoms. The highest BCUT2D eigenvalue weighted by Gasteiger charge is 2.45. The van der Waals surface area contributed by atoms with Crippen molar-refractivity contribution in [3.8, 4) is 17.1 Å². The minimum Gasteiger partial charge on any atom is -0.480 e. The number of benzene rings is 4. The van der Waals surface area contributed by atoms with Crippen molar-refractivity contribution in [1.82, 2.24) is 25.6 Å². The number of carboxylic acid groups (broad SMARTS) is 1. The van der Waals surface area contributed by atoms with Crippen molar-refractivity contribution in [2.75, 3.05) is 29.1 Å². The Labute approximate surface area is 328 Å². The van der Waals surface area contributed by atoms with Gasteiger partial charge >= 0.3 is 30.0 Å².